The summed E-state index contributed by atoms with van der Waals surface area (Å²) in [6, 6.07) is 0. The highest BCUT2D eigenvalue weighted by Gasteiger charge is 2.42. The lowest BCUT2D eigenvalue weighted by Crippen LogP contribution is -2.33. The lowest BCUT2D eigenvalue weighted by molar-refractivity contribution is 0.297. The van der Waals surface area contributed by atoms with Gasteiger partial charge in [0.2, 0.25) is 10.0 Å². The van der Waals surface area contributed by atoms with Crippen LogP contribution in [0.4, 0.5) is 0 Å². The van der Waals surface area contributed by atoms with Crippen LogP contribution in [0.5, 0.6) is 0 Å². The van der Waals surface area contributed by atoms with E-state index < -0.39 is 10.0 Å². The molecule has 2 fully saturated rings. The molecule has 4 nitrogen and oxygen atoms in total. The highest BCUT2D eigenvalue weighted by atomic mass is 32.2. The lowest BCUT2D eigenvalue weighted by Gasteiger charge is -2.16. The Balaban J connectivity index is 2.06. The normalized spacial score (nSPS) is 37.1. The molecular formula is C7H13NO3S. The summed E-state index contributed by atoms with van der Waals surface area (Å²) < 4.78 is 29.1. The maximum atomic E-state index is 11.2. The number of sulfonamides is 1. The van der Waals surface area contributed by atoms with Crippen LogP contribution in [0.1, 0.15) is 12.8 Å². The average molecular weight is 191 g/mol. The van der Waals surface area contributed by atoms with E-state index in [1.54, 1.807) is 0 Å². The molecule has 2 heterocycles. The van der Waals surface area contributed by atoms with E-state index in [0.717, 1.165) is 12.8 Å². The van der Waals surface area contributed by atoms with Gasteiger partial charge in [-0.1, -0.05) is 0 Å². The molecule has 2 rings (SSSR count). The molecular weight excluding hydrogens is 178 g/mol. The van der Waals surface area contributed by atoms with Gasteiger partial charge in [0.05, 0.1) is 18.5 Å². The van der Waals surface area contributed by atoms with Crippen molar-refractivity contribution >= 4 is 10.0 Å². The standard InChI is InChI=1S/C7H13NO3S/c1-12(9,10)8-4-2-3-6-7(5-8)11-6/h6-7H,2-5H2,1H3/t6-,7-/m0/s1. The molecule has 12 heavy (non-hydrogen) atoms. The molecule has 70 valence electrons. The van der Waals surface area contributed by atoms with Gasteiger partial charge in [-0.15, -0.1) is 0 Å². The van der Waals surface area contributed by atoms with E-state index in [0.29, 0.717) is 19.2 Å². The van der Waals surface area contributed by atoms with Crippen LogP contribution >= 0.6 is 0 Å². The van der Waals surface area contributed by atoms with Crippen molar-refractivity contribution in [1.29, 1.82) is 0 Å². The van der Waals surface area contributed by atoms with Gasteiger partial charge in [-0.2, -0.15) is 4.31 Å². The van der Waals surface area contributed by atoms with Crippen LogP contribution in [0.15, 0.2) is 0 Å². The Hall–Kier alpha value is -0.130. The molecule has 0 N–H and O–H groups in total. The fraction of sp³-hybridized carbons (Fsp3) is 1.00. The van der Waals surface area contributed by atoms with Crippen LogP contribution in [0.2, 0.25) is 0 Å². The van der Waals surface area contributed by atoms with E-state index in [4.69, 9.17) is 4.74 Å². The van der Waals surface area contributed by atoms with Crippen LogP contribution < -0.4 is 0 Å². The summed E-state index contributed by atoms with van der Waals surface area (Å²) in [6.07, 6.45) is 3.72. The van der Waals surface area contributed by atoms with Crippen molar-refractivity contribution in [3.63, 3.8) is 0 Å². The summed E-state index contributed by atoms with van der Waals surface area (Å²) in [4.78, 5) is 0. The van der Waals surface area contributed by atoms with Crippen molar-refractivity contribution in [3.8, 4) is 0 Å². The van der Waals surface area contributed by atoms with Crippen molar-refractivity contribution in [2.24, 2.45) is 0 Å². The maximum Gasteiger partial charge on any atom is 0.211 e. The van der Waals surface area contributed by atoms with Gasteiger partial charge in [-0.3, -0.25) is 0 Å². The molecule has 0 amide bonds. The smallest absolute Gasteiger partial charge is 0.211 e. The predicted molar refractivity (Wildman–Crippen MR) is 44.3 cm³/mol. The molecule has 0 saturated carbocycles. The molecule has 0 aromatic carbocycles. The number of ether oxygens (including phenoxy) is 1. The second-order valence-corrected chi connectivity index (χ2v) is 5.46. The molecule has 0 aromatic heterocycles. The predicted octanol–water partition coefficient (Wildman–Crippen LogP) is -0.191. The van der Waals surface area contributed by atoms with E-state index in [-0.39, 0.29) is 6.10 Å². The van der Waals surface area contributed by atoms with Crippen LogP contribution in [0, 0.1) is 0 Å². The van der Waals surface area contributed by atoms with Crippen LogP contribution in [0.25, 0.3) is 0 Å². The van der Waals surface area contributed by atoms with Gasteiger partial charge < -0.3 is 4.74 Å². The van der Waals surface area contributed by atoms with Crippen LogP contribution in [-0.2, 0) is 14.8 Å². The van der Waals surface area contributed by atoms with Gasteiger partial charge in [0, 0.05) is 13.1 Å². The zero-order valence-electron chi connectivity index (χ0n) is 7.06. The van der Waals surface area contributed by atoms with E-state index in [9.17, 15) is 8.42 Å². The Morgan fingerprint density at radius 3 is 2.83 bits per heavy atom. The van der Waals surface area contributed by atoms with Crippen molar-refractivity contribution in [2.75, 3.05) is 19.3 Å². The third-order valence-corrected chi connectivity index (χ3v) is 3.71. The zero-order chi connectivity index (χ0) is 8.77. The summed E-state index contributed by atoms with van der Waals surface area (Å²) in [5, 5.41) is 0. The molecule has 2 atom stereocenters. The highest BCUT2D eigenvalue weighted by molar-refractivity contribution is 7.88. The van der Waals surface area contributed by atoms with E-state index in [1.807, 2.05) is 0 Å². The van der Waals surface area contributed by atoms with Gasteiger partial charge in [0.25, 0.3) is 0 Å². The van der Waals surface area contributed by atoms with Crippen molar-refractivity contribution in [2.45, 2.75) is 25.0 Å². The van der Waals surface area contributed by atoms with Gasteiger partial charge in [0.15, 0.2) is 0 Å². The third kappa shape index (κ3) is 1.62. The average Bonchev–Trinajstić information content (AvgIpc) is 2.56. The lowest BCUT2D eigenvalue weighted by atomic mass is 10.2. The minimum Gasteiger partial charge on any atom is -0.368 e. The largest absolute Gasteiger partial charge is 0.368 e. The Kier molecular flexibility index (Phi) is 1.89. The van der Waals surface area contributed by atoms with E-state index >= 15 is 0 Å². The van der Waals surface area contributed by atoms with Crippen LogP contribution in [0.3, 0.4) is 0 Å². The first-order valence-electron chi connectivity index (χ1n) is 4.18. The molecule has 2 saturated heterocycles. The van der Waals surface area contributed by atoms with Crippen molar-refractivity contribution in [1.82, 2.24) is 4.31 Å². The number of nitrogens with zero attached hydrogens (tertiary/aromatic N) is 1. The number of hydrogen-bond acceptors (Lipinski definition) is 3. The molecule has 0 aliphatic carbocycles. The first-order chi connectivity index (χ1) is 5.57. The first-order valence-corrected chi connectivity index (χ1v) is 6.03. The summed E-state index contributed by atoms with van der Waals surface area (Å²) in [7, 11) is -3.00. The topological polar surface area (TPSA) is 49.9 Å². The zero-order valence-corrected chi connectivity index (χ0v) is 7.88. The van der Waals surface area contributed by atoms with E-state index in [2.05, 4.69) is 0 Å². The van der Waals surface area contributed by atoms with Gasteiger partial charge in [0.1, 0.15) is 0 Å². The SMILES string of the molecule is CS(=O)(=O)N1CCC[C@@H]2O[C@H]2C1. The fourth-order valence-electron chi connectivity index (χ4n) is 1.66. The minimum atomic E-state index is -3.00. The first kappa shape index (κ1) is 8.47. The Labute approximate surface area is 72.6 Å². The molecule has 0 aromatic rings. The van der Waals surface area contributed by atoms with Gasteiger partial charge in [-0.25, -0.2) is 8.42 Å². The fourth-order valence-corrected chi connectivity index (χ4v) is 2.53. The summed E-state index contributed by atoms with van der Waals surface area (Å²) in [5.74, 6) is 0. The summed E-state index contributed by atoms with van der Waals surface area (Å²) in [5.41, 5.74) is 0. The number of hydrogen-bond donors (Lipinski definition) is 0. The maximum absolute atomic E-state index is 11.2. The number of epoxide rings is 1. The van der Waals surface area contributed by atoms with Gasteiger partial charge in [-0.05, 0) is 12.8 Å². The molecule has 2 aliphatic heterocycles. The van der Waals surface area contributed by atoms with Crippen molar-refractivity contribution < 1.29 is 13.2 Å². The Bertz CT molecular complexity index is 274. The van der Waals surface area contributed by atoms with Crippen molar-refractivity contribution in [3.05, 3.63) is 0 Å². The molecule has 0 unspecified atom stereocenters. The summed E-state index contributed by atoms with van der Waals surface area (Å²) in [6.45, 7) is 1.22. The molecule has 2 aliphatic rings. The second kappa shape index (κ2) is 2.68. The Morgan fingerprint density at radius 1 is 1.42 bits per heavy atom. The number of fused-ring (bicyclic) bond motifs is 1. The minimum absolute atomic E-state index is 0.183. The quantitative estimate of drug-likeness (QED) is 0.540. The molecule has 5 heteroatoms. The summed E-state index contributed by atoms with van der Waals surface area (Å²) >= 11 is 0. The molecule has 0 bridgehead atoms. The monoisotopic (exact) mass is 191 g/mol. The molecule has 0 radical (unpaired) electrons. The van der Waals surface area contributed by atoms with E-state index in [1.165, 1.54) is 10.6 Å². The Morgan fingerprint density at radius 2 is 2.17 bits per heavy atom. The number of rotatable bonds is 1. The van der Waals surface area contributed by atoms with Crippen LogP contribution in [-0.4, -0.2) is 44.3 Å². The molecule has 0 spiro atoms. The third-order valence-electron chi connectivity index (χ3n) is 2.44. The highest BCUT2D eigenvalue weighted by Crippen LogP contribution is 2.30. The second-order valence-electron chi connectivity index (χ2n) is 3.48. The van der Waals surface area contributed by atoms with Gasteiger partial charge >= 0.3 is 0 Å².